The molecule has 0 spiro atoms. The van der Waals surface area contributed by atoms with Crippen molar-refractivity contribution in [3.63, 3.8) is 0 Å². The minimum absolute atomic E-state index is 0.162. The Hall–Kier alpha value is -1.10. The topological polar surface area (TPSA) is 57.2 Å². The summed E-state index contributed by atoms with van der Waals surface area (Å²) in [4.78, 5) is -0.162. The third-order valence-corrected chi connectivity index (χ3v) is 2.60. The lowest BCUT2D eigenvalue weighted by atomic mass is 10.3. The Kier molecular flexibility index (Phi) is 2.32. The van der Waals surface area contributed by atoms with Crippen molar-refractivity contribution < 1.29 is 17.9 Å². The summed E-state index contributed by atoms with van der Waals surface area (Å²) in [6.07, 6.45) is 0. The normalized spacial score (nSPS) is 11.4. The second kappa shape index (κ2) is 3.10. The Bertz CT molecular complexity index is 355. The highest BCUT2D eigenvalue weighted by Gasteiger charge is 2.11. The fraction of sp³-hybridized carbons (Fsp3) is 0.143. The summed E-state index contributed by atoms with van der Waals surface area (Å²) < 4.78 is 33.6. The van der Waals surface area contributed by atoms with Crippen LogP contribution in [0.1, 0.15) is 0 Å². The maximum atomic E-state index is 11.9. The molecule has 0 fully saturated rings. The van der Waals surface area contributed by atoms with Gasteiger partial charge in [-0.15, -0.1) is 5.75 Å². The summed E-state index contributed by atoms with van der Waals surface area (Å²) in [5, 5.41) is 10.5. The highest BCUT2D eigenvalue weighted by atomic mass is 32.2. The van der Waals surface area contributed by atoms with E-state index in [0.717, 1.165) is 24.3 Å². The zero-order valence-corrected chi connectivity index (χ0v) is 6.84. The summed E-state index contributed by atoms with van der Waals surface area (Å²) in [7, 11) is -3.82. The molecule has 0 unspecified atom stereocenters. The molecule has 12 heavy (non-hydrogen) atoms. The molecule has 0 atom stereocenters. The van der Waals surface area contributed by atoms with Gasteiger partial charge in [0.15, 0.2) is 6.01 Å². The average molecular weight is 189 g/mol. The molecule has 0 amide bonds. The van der Waals surface area contributed by atoms with Crippen molar-refractivity contribution in [1.29, 1.82) is 0 Å². The van der Waals surface area contributed by atoms with E-state index in [1.54, 1.807) is 0 Å². The molecule has 0 heterocycles. The van der Waals surface area contributed by atoms with Gasteiger partial charge in [0, 0.05) is 0 Å². The van der Waals surface area contributed by atoms with E-state index in [9.17, 15) is 17.9 Å². The van der Waals surface area contributed by atoms with Gasteiger partial charge >= 0.3 is 0 Å². The first kappa shape index (κ1) is 8.99. The number of alkyl halides is 1. The third-order valence-electron chi connectivity index (χ3n) is 1.33. The molecule has 0 N–H and O–H groups in total. The Labute approximate surface area is 69.4 Å². The molecule has 3 nitrogen and oxygen atoms in total. The maximum absolute atomic E-state index is 11.9. The van der Waals surface area contributed by atoms with Gasteiger partial charge in [-0.3, -0.25) is 0 Å². The van der Waals surface area contributed by atoms with Crippen LogP contribution in [0.5, 0.6) is 5.75 Å². The summed E-state index contributed by atoms with van der Waals surface area (Å²) in [5.41, 5.74) is 0. The zero-order valence-electron chi connectivity index (χ0n) is 6.03. The van der Waals surface area contributed by atoms with Gasteiger partial charge in [0.05, 0.1) is 4.90 Å². The predicted molar refractivity (Wildman–Crippen MR) is 39.0 cm³/mol. The van der Waals surface area contributed by atoms with Crippen LogP contribution in [0.15, 0.2) is 29.2 Å². The van der Waals surface area contributed by atoms with Crippen LogP contribution in [0, 0.1) is 0 Å². The van der Waals surface area contributed by atoms with Gasteiger partial charge in [-0.1, -0.05) is 12.1 Å². The van der Waals surface area contributed by atoms with Crippen LogP contribution in [0.3, 0.4) is 0 Å². The van der Waals surface area contributed by atoms with Gasteiger partial charge in [0.1, 0.15) is 0 Å². The largest absolute Gasteiger partial charge is 0.872 e. The van der Waals surface area contributed by atoms with E-state index in [0.29, 0.717) is 0 Å². The number of sulfone groups is 1. The van der Waals surface area contributed by atoms with E-state index in [4.69, 9.17) is 0 Å². The standard InChI is InChI=1S/C7H7FO3S/c8-5-12(10,11)7-3-1-6(9)2-4-7/h1-4,9H,5H2/p-1. The van der Waals surface area contributed by atoms with Crippen LogP contribution in [0.25, 0.3) is 0 Å². The number of hydrogen-bond donors (Lipinski definition) is 0. The average Bonchev–Trinajstić information content (AvgIpc) is 2.05. The van der Waals surface area contributed by atoms with Crippen molar-refractivity contribution in [2.75, 3.05) is 6.01 Å². The second-order valence-corrected chi connectivity index (χ2v) is 4.11. The van der Waals surface area contributed by atoms with Gasteiger partial charge in [-0.2, -0.15) is 0 Å². The Morgan fingerprint density at radius 1 is 1.25 bits per heavy atom. The molecule has 0 saturated carbocycles. The van der Waals surface area contributed by atoms with Crippen molar-refractivity contribution in [1.82, 2.24) is 0 Å². The molecule has 0 aromatic heterocycles. The molecular weight excluding hydrogens is 183 g/mol. The maximum Gasteiger partial charge on any atom is 0.207 e. The van der Waals surface area contributed by atoms with E-state index in [1.807, 2.05) is 0 Å². The molecule has 0 aliphatic carbocycles. The van der Waals surface area contributed by atoms with Crippen molar-refractivity contribution in [3.8, 4) is 5.75 Å². The zero-order chi connectivity index (χ0) is 9.19. The quantitative estimate of drug-likeness (QED) is 0.679. The molecule has 0 bridgehead atoms. The van der Waals surface area contributed by atoms with Crippen molar-refractivity contribution in [3.05, 3.63) is 24.3 Å². The minimum atomic E-state index is -3.82. The first-order valence-corrected chi connectivity index (χ1v) is 4.77. The summed E-state index contributed by atoms with van der Waals surface area (Å²) in [6, 6.07) is 2.92. The first-order valence-electron chi connectivity index (χ1n) is 3.12. The smallest absolute Gasteiger partial charge is 0.207 e. The molecule has 0 radical (unpaired) electrons. The number of hydrogen-bond acceptors (Lipinski definition) is 3. The van der Waals surface area contributed by atoms with Crippen LogP contribution in [0.4, 0.5) is 4.39 Å². The van der Waals surface area contributed by atoms with E-state index >= 15 is 0 Å². The highest BCUT2D eigenvalue weighted by Crippen LogP contribution is 2.13. The molecule has 66 valence electrons. The first-order chi connectivity index (χ1) is 5.56. The molecule has 5 heteroatoms. The van der Waals surface area contributed by atoms with Crippen LogP contribution in [-0.2, 0) is 9.84 Å². The van der Waals surface area contributed by atoms with Gasteiger partial charge < -0.3 is 5.11 Å². The Morgan fingerprint density at radius 3 is 2.17 bits per heavy atom. The molecule has 0 aliphatic rings. The highest BCUT2D eigenvalue weighted by molar-refractivity contribution is 7.91. The summed E-state index contributed by atoms with van der Waals surface area (Å²) in [5.74, 6) is -0.298. The van der Waals surface area contributed by atoms with Crippen LogP contribution in [-0.4, -0.2) is 14.4 Å². The third kappa shape index (κ3) is 1.73. The Morgan fingerprint density at radius 2 is 1.75 bits per heavy atom. The molecule has 1 aromatic rings. The van der Waals surface area contributed by atoms with Gasteiger partial charge in [-0.05, 0) is 12.1 Å². The van der Waals surface area contributed by atoms with E-state index in [-0.39, 0.29) is 10.6 Å². The molecule has 0 saturated heterocycles. The molecular formula is C7H6FO3S-. The molecule has 1 rings (SSSR count). The fourth-order valence-electron chi connectivity index (χ4n) is 0.710. The lowest BCUT2D eigenvalue weighted by Crippen LogP contribution is -2.02. The number of rotatable bonds is 2. The lowest BCUT2D eigenvalue weighted by molar-refractivity contribution is -0.268. The van der Waals surface area contributed by atoms with Crippen LogP contribution in [0.2, 0.25) is 0 Å². The second-order valence-electron chi connectivity index (χ2n) is 2.20. The SMILES string of the molecule is O=S(=O)(CF)c1ccc([O-])cc1. The van der Waals surface area contributed by atoms with Crippen molar-refractivity contribution in [2.24, 2.45) is 0 Å². The minimum Gasteiger partial charge on any atom is -0.872 e. The monoisotopic (exact) mass is 189 g/mol. The van der Waals surface area contributed by atoms with E-state index in [1.165, 1.54) is 0 Å². The number of benzene rings is 1. The molecule has 0 aliphatic heterocycles. The van der Waals surface area contributed by atoms with Crippen LogP contribution >= 0.6 is 0 Å². The summed E-state index contributed by atoms with van der Waals surface area (Å²) in [6.45, 7) is 0. The molecule has 1 aromatic carbocycles. The van der Waals surface area contributed by atoms with Gasteiger partial charge in [-0.25, -0.2) is 12.8 Å². The van der Waals surface area contributed by atoms with Crippen molar-refractivity contribution in [2.45, 2.75) is 4.90 Å². The van der Waals surface area contributed by atoms with E-state index < -0.39 is 15.8 Å². The predicted octanol–water partition coefficient (Wildman–Crippen LogP) is 0.461. The number of halogens is 1. The van der Waals surface area contributed by atoms with E-state index in [2.05, 4.69) is 0 Å². The van der Waals surface area contributed by atoms with Gasteiger partial charge in [0.2, 0.25) is 9.84 Å². The summed E-state index contributed by atoms with van der Waals surface area (Å²) >= 11 is 0. The van der Waals surface area contributed by atoms with Crippen molar-refractivity contribution >= 4 is 9.84 Å². The Balaban J connectivity index is 3.14. The lowest BCUT2D eigenvalue weighted by Gasteiger charge is -2.04. The fourth-order valence-corrected chi connectivity index (χ4v) is 1.39. The van der Waals surface area contributed by atoms with Gasteiger partial charge in [0.25, 0.3) is 0 Å². The van der Waals surface area contributed by atoms with Crippen LogP contribution < -0.4 is 5.11 Å².